The zero-order valence-electron chi connectivity index (χ0n) is 12.2. The van der Waals surface area contributed by atoms with Gasteiger partial charge in [-0.1, -0.05) is 5.16 Å². The van der Waals surface area contributed by atoms with E-state index in [9.17, 15) is 0 Å². The van der Waals surface area contributed by atoms with Gasteiger partial charge in [0, 0.05) is 31.3 Å². The van der Waals surface area contributed by atoms with E-state index in [1.807, 2.05) is 18.3 Å². The van der Waals surface area contributed by atoms with Crippen LogP contribution >= 0.6 is 11.3 Å². The van der Waals surface area contributed by atoms with E-state index in [0.717, 1.165) is 51.3 Å². The molecule has 2 aliphatic heterocycles. The van der Waals surface area contributed by atoms with E-state index >= 15 is 0 Å². The van der Waals surface area contributed by atoms with Gasteiger partial charge in [0.1, 0.15) is 0 Å². The number of thiophene rings is 1. The fourth-order valence-electron chi connectivity index (χ4n) is 3.45. The lowest BCUT2D eigenvalue weighted by Gasteiger charge is -2.43. The summed E-state index contributed by atoms with van der Waals surface area (Å²) in [4.78, 5) is 8.19. The second-order valence-corrected chi connectivity index (χ2v) is 6.86. The Morgan fingerprint density at radius 2 is 2.24 bits per heavy atom. The van der Waals surface area contributed by atoms with Gasteiger partial charge in [-0.2, -0.15) is 4.98 Å². The van der Waals surface area contributed by atoms with Crippen LogP contribution < -0.4 is 0 Å². The highest BCUT2D eigenvalue weighted by Gasteiger charge is 2.41. The summed E-state index contributed by atoms with van der Waals surface area (Å²) in [5, 5.41) is 6.19. The van der Waals surface area contributed by atoms with Crippen molar-refractivity contribution in [3.63, 3.8) is 0 Å². The Hall–Kier alpha value is -1.24. The van der Waals surface area contributed by atoms with Crippen LogP contribution in [-0.4, -0.2) is 34.7 Å². The van der Waals surface area contributed by atoms with Gasteiger partial charge in [-0.05, 0) is 29.9 Å². The highest BCUT2D eigenvalue weighted by molar-refractivity contribution is 7.10. The van der Waals surface area contributed by atoms with Gasteiger partial charge in [0.15, 0.2) is 5.82 Å². The van der Waals surface area contributed by atoms with Crippen molar-refractivity contribution in [1.82, 2.24) is 15.0 Å². The van der Waals surface area contributed by atoms with Crippen molar-refractivity contribution in [2.45, 2.75) is 38.3 Å². The third-order valence-electron chi connectivity index (χ3n) is 4.54. The van der Waals surface area contributed by atoms with Gasteiger partial charge >= 0.3 is 0 Å². The Bertz CT molecular complexity index is 628. The Morgan fingerprint density at radius 1 is 1.38 bits per heavy atom. The van der Waals surface area contributed by atoms with Crippen LogP contribution in [-0.2, 0) is 23.3 Å². The summed E-state index contributed by atoms with van der Waals surface area (Å²) < 4.78 is 11.3. The lowest BCUT2D eigenvalue weighted by atomic mass is 9.82. The van der Waals surface area contributed by atoms with Crippen molar-refractivity contribution < 1.29 is 9.26 Å². The fourth-order valence-corrected chi connectivity index (χ4v) is 4.40. The summed E-state index contributed by atoms with van der Waals surface area (Å²) in [6.45, 7) is 5.49. The van der Waals surface area contributed by atoms with Gasteiger partial charge in [-0.15, -0.1) is 11.3 Å². The van der Waals surface area contributed by atoms with Gasteiger partial charge in [-0.25, -0.2) is 0 Å². The topological polar surface area (TPSA) is 51.4 Å². The van der Waals surface area contributed by atoms with E-state index < -0.39 is 0 Å². The number of aryl methyl sites for hydroxylation is 1. The van der Waals surface area contributed by atoms with Crippen molar-refractivity contribution in [2.75, 3.05) is 19.7 Å². The molecule has 2 aromatic heterocycles. The molecule has 0 aromatic carbocycles. The Morgan fingerprint density at radius 3 is 3.00 bits per heavy atom. The first-order valence-corrected chi connectivity index (χ1v) is 8.35. The molecule has 5 nitrogen and oxygen atoms in total. The van der Waals surface area contributed by atoms with E-state index in [0.29, 0.717) is 5.89 Å². The van der Waals surface area contributed by atoms with E-state index in [-0.39, 0.29) is 5.60 Å². The molecule has 0 aliphatic carbocycles. The van der Waals surface area contributed by atoms with E-state index in [2.05, 4.69) is 26.5 Å². The average Bonchev–Trinajstić information content (AvgIpc) is 3.12. The minimum absolute atomic E-state index is 0.0444. The summed E-state index contributed by atoms with van der Waals surface area (Å²) >= 11 is 1.87. The quantitative estimate of drug-likeness (QED) is 0.853. The summed E-state index contributed by atoms with van der Waals surface area (Å²) in [6, 6.07) is 2.26. The van der Waals surface area contributed by atoms with Gasteiger partial charge in [0.05, 0.1) is 18.8 Å². The largest absolute Gasteiger partial charge is 0.370 e. The third-order valence-corrected chi connectivity index (χ3v) is 5.52. The molecule has 112 valence electrons. The number of aromatic nitrogens is 2. The predicted octanol–water partition coefficient (Wildman–Crippen LogP) is 2.50. The van der Waals surface area contributed by atoms with Gasteiger partial charge in [0.25, 0.3) is 0 Å². The summed E-state index contributed by atoms with van der Waals surface area (Å²) in [7, 11) is 0. The van der Waals surface area contributed by atoms with Crippen molar-refractivity contribution in [1.29, 1.82) is 0 Å². The van der Waals surface area contributed by atoms with Crippen LogP contribution in [0.5, 0.6) is 0 Å². The SMILES string of the molecule is Cc1nc(CN2CCC3(CC2)OCCc2sccc23)no1. The molecule has 0 saturated carbocycles. The third kappa shape index (κ3) is 2.41. The molecule has 1 fully saturated rings. The van der Waals surface area contributed by atoms with Gasteiger partial charge < -0.3 is 9.26 Å². The molecule has 0 bridgehead atoms. The monoisotopic (exact) mass is 305 g/mol. The standard InChI is InChI=1S/C15H19N3O2S/c1-11-16-14(17-20-11)10-18-6-4-15(5-7-18)12-3-9-21-13(12)2-8-19-15/h3,9H,2,4-8,10H2,1H3. The molecule has 1 saturated heterocycles. The van der Waals surface area contributed by atoms with Gasteiger partial charge in [0.2, 0.25) is 5.89 Å². The minimum Gasteiger partial charge on any atom is -0.370 e. The van der Waals surface area contributed by atoms with Crippen LogP contribution in [0.3, 0.4) is 0 Å². The van der Waals surface area contributed by atoms with E-state index in [1.165, 1.54) is 10.4 Å². The van der Waals surface area contributed by atoms with Crippen LogP contribution in [0.15, 0.2) is 16.0 Å². The number of likely N-dealkylation sites (tertiary alicyclic amines) is 1. The lowest BCUT2D eigenvalue weighted by Crippen LogP contribution is -2.46. The normalized spacial score (nSPS) is 21.6. The van der Waals surface area contributed by atoms with Crippen LogP contribution in [0, 0.1) is 6.92 Å². The molecule has 6 heteroatoms. The molecular weight excluding hydrogens is 286 g/mol. The Kier molecular flexibility index (Phi) is 3.32. The highest BCUT2D eigenvalue weighted by Crippen LogP contribution is 2.43. The smallest absolute Gasteiger partial charge is 0.223 e. The van der Waals surface area contributed by atoms with Crippen molar-refractivity contribution in [3.05, 3.63) is 33.6 Å². The van der Waals surface area contributed by atoms with Gasteiger partial charge in [-0.3, -0.25) is 4.90 Å². The molecule has 2 aliphatic rings. The number of fused-ring (bicyclic) bond motifs is 2. The number of rotatable bonds is 2. The van der Waals surface area contributed by atoms with E-state index in [1.54, 1.807) is 0 Å². The maximum Gasteiger partial charge on any atom is 0.223 e. The minimum atomic E-state index is -0.0444. The zero-order chi connectivity index (χ0) is 14.3. The molecule has 1 spiro atoms. The molecule has 0 atom stereocenters. The number of hydrogen-bond acceptors (Lipinski definition) is 6. The van der Waals surface area contributed by atoms with Crippen LogP contribution in [0.25, 0.3) is 0 Å². The molecule has 0 unspecified atom stereocenters. The Balaban J connectivity index is 1.45. The Labute approximate surface area is 127 Å². The van der Waals surface area contributed by atoms with Crippen LogP contribution in [0.1, 0.15) is 35.0 Å². The molecule has 0 amide bonds. The second kappa shape index (κ2) is 5.19. The number of nitrogens with zero attached hydrogens (tertiary/aromatic N) is 3. The molecule has 21 heavy (non-hydrogen) atoms. The summed E-state index contributed by atoms with van der Waals surface area (Å²) in [5.41, 5.74) is 1.39. The molecule has 4 heterocycles. The molecular formula is C15H19N3O2S. The molecule has 4 rings (SSSR count). The molecule has 0 N–H and O–H groups in total. The second-order valence-electron chi connectivity index (χ2n) is 5.86. The first-order valence-electron chi connectivity index (χ1n) is 7.48. The van der Waals surface area contributed by atoms with Crippen molar-refractivity contribution in [2.24, 2.45) is 0 Å². The maximum absolute atomic E-state index is 6.22. The predicted molar refractivity (Wildman–Crippen MR) is 79.2 cm³/mol. The van der Waals surface area contributed by atoms with E-state index in [4.69, 9.17) is 9.26 Å². The maximum atomic E-state index is 6.22. The van der Waals surface area contributed by atoms with Crippen LogP contribution in [0.2, 0.25) is 0 Å². The highest BCUT2D eigenvalue weighted by atomic mass is 32.1. The summed E-state index contributed by atoms with van der Waals surface area (Å²) in [5.74, 6) is 1.42. The van der Waals surface area contributed by atoms with Crippen molar-refractivity contribution >= 4 is 11.3 Å². The number of piperidine rings is 1. The average molecular weight is 305 g/mol. The fraction of sp³-hybridized carbons (Fsp3) is 0.600. The zero-order valence-corrected chi connectivity index (χ0v) is 13.0. The van der Waals surface area contributed by atoms with Crippen molar-refractivity contribution in [3.8, 4) is 0 Å². The van der Waals surface area contributed by atoms with Crippen LogP contribution in [0.4, 0.5) is 0 Å². The number of ether oxygens (including phenoxy) is 1. The molecule has 0 radical (unpaired) electrons. The lowest BCUT2D eigenvalue weighted by molar-refractivity contribution is -0.0983. The first-order chi connectivity index (χ1) is 10.3. The first kappa shape index (κ1) is 13.4. The molecule has 2 aromatic rings. The summed E-state index contributed by atoms with van der Waals surface area (Å²) in [6.07, 6.45) is 3.17. The number of hydrogen-bond donors (Lipinski definition) is 0.